The van der Waals surface area contributed by atoms with Crippen LogP contribution in [0.1, 0.15) is 5.89 Å². The van der Waals surface area contributed by atoms with Gasteiger partial charge in [0.25, 0.3) is 5.89 Å². The van der Waals surface area contributed by atoms with Crippen molar-refractivity contribution in [2.24, 2.45) is 0 Å². The molecule has 0 aliphatic rings. The molecule has 1 aromatic carbocycles. The Morgan fingerprint density at radius 2 is 2.05 bits per heavy atom. The lowest BCUT2D eigenvalue weighted by Crippen LogP contribution is -1.96. The highest BCUT2D eigenvalue weighted by Crippen LogP contribution is 2.28. The van der Waals surface area contributed by atoms with E-state index in [1.807, 2.05) is 0 Å². The van der Waals surface area contributed by atoms with Crippen LogP contribution in [-0.4, -0.2) is 10.1 Å². The predicted molar refractivity (Wildman–Crippen MR) is 80.5 cm³/mol. The Bertz CT molecular complexity index is 772. The second-order valence-electron chi connectivity index (χ2n) is 3.98. The highest BCUT2D eigenvalue weighted by Gasteiger charge is 2.13. The summed E-state index contributed by atoms with van der Waals surface area (Å²) in [6.07, 6.45) is 0. The van der Waals surface area contributed by atoms with Crippen LogP contribution < -0.4 is 4.74 Å². The van der Waals surface area contributed by atoms with Gasteiger partial charge >= 0.3 is 0 Å². The normalized spacial score (nSPS) is 10.8. The van der Waals surface area contributed by atoms with E-state index in [-0.39, 0.29) is 6.61 Å². The second kappa shape index (κ2) is 6.09. The van der Waals surface area contributed by atoms with E-state index < -0.39 is 0 Å². The molecule has 0 fully saturated rings. The van der Waals surface area contributed by atoms with Crippen molar-refractivity contribution in [2.75, 3.05) is 0 Å². The number of rotatable bonds is 4. The minimum absolute atomic E-state index is 0.0935. The lowest BCUT2D eigenvalue weighted by molar-refractivity contribution is 0.243. The summed E-state index contributed by atoms with van der Waals surface area (Å²) in [7, 11) is 0. The molecule has 8 heteroatoms. The molecule has 2 aromatic heterocycles. The fourth-order valence-corrected chi connectivity index (χ4v) is 2.35. The van der Waals surface area contributed by atoms with Crippen LogP contribution in [0, 0.1) is 0 Å². The van der Waals surface area contributed by atoms with Crippen LogP contribution >= 0.6 is 39.1 Å². The summed E-state index contributed by atoms with van der Waals surface area (Å²) in [5, 5.41) is 4.77. The highest BCUT2D eigenvalue weighted by molar-refractivity contribution is 9.10. The van der Waals surface area contributed by atoms with E-state index in [4.69, 9.17) is 36.9 Å². The zero-order chi connectivity index (χ0) is 14.8. The lowest BCUT2D eigenvalue weighted by atomic mass is 10.3. The Hall–Kier alpha value is -1.50. The van der Waals surface area contributed by atoms with Crippen molar-refractivity contribution in [1.29, 1.82) is 0 Å². The Balaban J connectivity index is 1.70. The molecule has 0 saturated heterocycles. The summed E-state index contributed by atoms with van der Waals surface area (Å²) >= 11 is 15.0. The number of nitrogens with zero attached hydrogens (tertiary/aromatic N) is 2. The van der Waals surface area contributed by atoms with Crippen molar-refractivity contribution < 1.29 is 13.7 Å². The van der Waals surface area contributed by atoms with Crippen LogP contribution in [0.2, 0.25) is 10.0 Å². The monoisotopic (exact) mass is 388 g/mol. The molecular formula is C13H7BrCl2N2O3. The van der Waals surface area contributed by atoms with Crippen LogP contribution in [0.4, 0.5) is 0 Å². The first-order chi connectivity index (χ1) is 10.1. The predicted octanol–water partition coefficient (Wildman–Crippen LogP) is 4.98. The summed E-state index contributed by atoms with van der Waals surface area (Å²) in [4.78, 5) is 4.17. The van der Waals surface area contributed by atoms with Gasteiger partial charge < -0.3 is 13.7 Å². The maximum absolute atomic E-state index is 6.00. The Kier molecular flexibility index (Phi) is 4.19. The Labute approximate surface area is 137 Å². The van der Waals surface area contributed by atoms with Crippen molar-refractivity contribution in [2.45, 2.75) is 6.61 Å². The molecule has 0 unspecified atom stereocenters. The van der Waals surface area contributed by atoms with Gasteiger partial charge in [-0.25, -0.2) is 0 Å². The molecule has 0 atom stereocenters. The van der Waals surface area contributed by atoms with E-state index in [1.54, 1.807) is 30.3 Å². The van der Waals surface area contributed by atoms with Gasteiger partial charge in [-0.1, -0.05) is 28.4 Å². The van der Waals surface area contributed by atoms with Crippen molar-refractivity contribution in [3.8, 4) is 17.3 Å². The quantitative estimate of drug-likeness (QED) is 0.629. The lowest BCUT2D eigenvalue weighted by Gasteiger charge is -2.05. The largest absolute Gasteiger partial charge is 0.482 e. The summed E-state index contributed by atoms with van der Waals surface area (Å²) in [6, 6.07) is 8.43. The molecule has 0 aliphatic heterocycles. The maximum atomic E-state index is 6.00. The first-order valence-electron chi connectivity index (χ1n) is 5.78. The number of aromatic nitrogens is 2. The first-order valence-corrected chi connectivity index (χ1v) is 7.33. The van der Waals surface area contributed by atoms with Gasteiger partial charge in [-0.05, 0) is 46.3 Å². The molecule has 108 valence electrons. The minimum Gasteiger partial charge on any atom is -0.482 e. The SMILES string of the molecule is Clc1ccc(OCc2nc(-c3ccc(Br)o3)no2)c(Cl)c1. The molecule has 0 saturated carbocycles. The molecule has 0 aliphatic carbocycles. The van der Waals surface area contributed by atoms with E-state index in [0.29, 0.717) is 37.9 Å². The summed E-state index contributed by atoms with van der Waals surface area (Å²) in [5.74, 6) is 1.65. The van der Waals surface area contributed by atoms with Gasteiger partial charge in [-0.2, -0.15) is 4.98 Å². The molecule has 0 bridgehead atoms. The smallest absolute Gasteiger partial charge is 0.264 e. The third-order valence-electron chi connectivity index (χ3n) is 2.51. The van der Waals surface area contributed by atoms with Crippen LogP contribution in [0.3, 0.4) is 0 Å². The maximum Gasteiger partial charge on any atom is 0.264 e. The van der Waals surface area contributed by atoms with Gasteiger partial charge in [0.05, 0.1) is 5.02 Å². The Morgan fingerprint density at radius 3 is 2.76 bits per heavy atom. The fourth-order valence-electron chi connectivity index (χ4n) is 1.58. The van der Waals surface area contributed by atoms with Crippen LogP contribution in [0.5, 0.6) is 5.75 Å². The molecule has 0 amide bonds. The average Bonchev–Trinajstić information content (AvgIpc) is 3.06. The van der Waals surface area contributed by atoms with Gasteiger partial charge in [-0.3, -0.25) is 0 Å². The van der Waals surface area contributed by atoms with Gasteiger partial charge in [0.15, 0.2) is 17.0 Å². The highest BCUT2D eigenvalue weighted by atomic mass is 79.9. The number of hydrogen-bond acceptors (Lipinski definition) is 5. The summed E-state index contributed by atoms with van der Waals surface area (Å²) in [6.45, 7) is 0.0935. The van der Waals surface area contributed by atoms with Gasteiger partial charge in [0.1, 0.15) is 5.75 Å². The van der Waals surface area contributed by atoms with E-state index in [0.717, 1.165) is 0 Å². The van der Waals surface area contributed by atoms with Gasteiger partial charge in [0.2, 0.25) is 5.82 Å². The molecular weight excluding hydrogens is 383 g/mol. The Morgan fingerprint density at radius 1 is 1.19 bits per heavy atom. The molecule has 0 spiro atoms. The first kappa shape index (κ1) is 14.4. The van der Waals surface area contributed by atoms with Gasteiger partial charge in [0, 0.05) is 5.02 Å². The molecule has 3 aromatic rings. The van der Waals surface area contributed by atoms with Crippen molar-refractivity contribution in [3.05, 3.63) is 50.9 Å². The summed E-state index contributed by atoms with van der Waals surface area (Å²) < 4.78 is 16.5. The fraction of sp³-hybridized carbons (Fsp3) is 0.0769. The number of ether oxygens (including phenoxy) is 1. The molecule has 0 N–H and O–H groups in total. The number of halogens is 3. The number of hydrogen-bond donors (Lipinski definition) is 0. The van der Waals surface area contributed by atoms with Crippen molar-refractivity contribution in [1.82, 2.24) is 10.1 Å². The second-order valence-corrected chi connectivity index (χ2v) is 5.60. The molecule has 2 heterocycles. The van der Waals surface area contributed by atoms with E-state index in [9.17, 15) is 0 Å². The van der Waals surface area contributed by atoms with E-state index in [2.05, 4.69) is 26.1 Å². The standard InChI is InChI=1S/C13H7BrCl2N2O3/c14-11-4-3-10(20-11)13-17-12(21-18-13)6-19-9-2-1-7(15)5-8(9)16/h1-5H,6H2. The van der Waals surface area contributed by atoms with Crippen LogP contribution in [-0.2, 0) is 6.61 Å². The molecule has 21 heavy (non-hydrogen) atoms. The average molecular weight is 390 g/mol. The topological polar surface area (TPSA) is 61.3 Å². The van der Waals surface area contributed by atoms with Crippen molar-refractivity contribution >= 4 is 39.1 Å². The molecule has 3 rings (SSSR count). The number of furan rings is 1. The zero-order valence-corrected chi connectivity index (χ0v) is 13.4. The van der Waals surface area contributed by atoms with E-state index in [1.165, 1.54) is 0 Å². The third-order valence-corrected chi connectivity index (χ3v) is 3.46. The minimum atomic E-state index is 0.0935. The van der Waals surface area contributed by atoms with E-state index >= 15 is 0 Å². The summed E-state index contributed by atoms with van der Waals surface area (Å²) in [5.41, 5.74) is 0. The molecule has 5 nitrogen and oxygen atoms in total. The van der Waals surface area contributed by atoms with Crippen LogP contribution in [0.25, 0.3) is 11.6 Å². The van der Waals surface area contributed by atoms with Crippen LogP contribution in [0.15, 0.2) is 43.9 Å². The third kappa shape index (κ3) is 3.40. The van der Waals surface area contributed by atoms with Gasteiger partial charge in [-0.15, -0.1) is 0 Å². The zero-order valence-electron chi connectivity index (χ0n) is 10.3. The molecule has 0 radical (unpaired) electrons. The van der Waals surface area contributed by atoms with Crippen molar-refractivity contribution in [3.63, 3.8) is 0 Å². The number of benzene rings is 1.